The predicted molar refractivity (Wildman–Crippen MR) is 104 cm³/mol. The first-order valence-corrected chi connectivity index (χ1v) is 10.4. The Kier molecular flexibility index (Phi) is 5.59. The van der Waals surface area contributed by atoms with E-state index in [0.717, 1.165) is 45.6 Å². The monoisotopic (exact) mass is 387 g/mol. The molecule has 2 amide bonds. The molecule has 0 radical (unpaired) electrons. The average molecular weight is 388 g/mol. The van der Waals surface area contributed by atoms with Gasteiger partial charge >= 0.3 is 0 Å². The minimum absolute atomic E-state index is 0.0366. The number of furan rings is 1. The lowest BCUT2D eigenvalue weighted by Gasteiger charge is -2.38. The van der Waals surface area contributed by atoms with Crippen LogP contribution in [0.15, 0.2) is 40.3 Å². The second-order valence-corrected chi connectivity index (χ2v) is 8.26. The fraction of sp³-hybridized carbons (Fsp3) is 0.500. The van der Waals surface area contributed by atoms with Gasteiger partial charge in [0.15, 0.2) is 5.76 Å². The molecule has 0 atom stereocenters. The molecule has 2 aliphatic heterocycles. The van der Waals surface area contributed by atoms with Crippen molar-refractivity contribution in [1.29, 1.82) is 0 Å². The molecule has 2 aromatic heterocycles. The van der Waals surface area contributed by atoms with Gasteiger partial charge in [0.05, 0.1) is 6.26 Å². The van der Waals surface area contributed by atoms with Gasteiger partial charge in [-0.1, -0.05) is 6.07 Å². The number of hydrogen-bond acceptors (Lipinski definition) is 5. The highest BCUT2D eigenvalue weighted by Crippen LogP contribution is 2.22. The third-order valence-corrected chi connectivity index (χ3v) is 6.37. The minimum atomic E-state index is -0.0758. The molecule has 2 aliphatic rings. The summed E-state index contributed by atoms with van der Waals surface area (Å²) < 4.78 is 5.20. The fourth-order valence-electron chi connectivity index (χ4n) is 3.89. The van der Waals surface area contributed by atoms with Gasteiger partial charge < -0.3 is 14.2 Å². The molecule has 2 aromatic rings. The molecule has 2 saturated heterocycles. The lowest BCUT2D eigenvalue weighted by molar-refractivity contribution is -0.138. The van der Waals surface area contributed by atoms with Crippen molar-refractivity contribution >= 4 is 23.2 Å². The van der Waals surface area contributed by atoms with E-state index in [2.05, 4.69) is 22.4 Å². The van der Waals surface area contributed by atoms with Gasteiger partial charge in [0.2, 0.25) is 5.91 Å². The summed E-state index contributed by atoms with van der Waals surface area (Å²) in [7, 11) is 0. The van der Waals surface area contributed by atoms with Gasteiger partial charge in [0.25, 0.3) is 5.91 Å². The second-order valence-electron chi connectivity index (χ2n) is 7.22. The summed E-state index contributed by atoms with van der Waals surface area (Å²) in [6.07, 6.45) is 2.99. The summed E-state index contributed by atoms with van der Waals surface area (Å²) >= 11 is 1.79. The minimum Gasteiger partial charge on any atom is -0.459 e. The standard InChI is InChI=1S/C20H25N3O3S/c24-19(23-11-9-21(10-12-23)15-17-3-2-14-27-17)16-5-7-22(8-6-16)20(25)18-4-1-13-26-18/h1-4,13-14,16H,5-12,15H2. The van der Waals surface area contributed by atoms with E-state index in [9.17, 15) is 9.59 Å². The van der Waals surface area contributed by atoms with Crippen LogP contribution in [0.25, 0.3) is 0 Å². The molecule has 7 heteroatoms. The number of carbonyl (C=O) groups excluding carboxylic acids is 2. The first-order valence-electron chi connectivity index (χ1n) is 9.57. The summed E-state index contributed by atoms with van der Waals surface area (Å²) in [4.78, 5) is 32.8. The third-order valence-electron chi connectivity index (χ3n) is 5.51. The van der Waals surface area contributed by atoms with Crippen molar-refractivity contribution in [1.82, 2.24) is 14.7 Å². The topological polar surface area (TPSA) is 57.0 Å². The molecular formula is C20H25N3O3S. The van der Waals surface area contributed by atoms with Crippen molar-refractivity contribution in [2.24, 2.45) is 5.92 Å². The summed E-state index contributed by atoms with van der Waals surface area (Å²) in [5.74, 6) is 0.597. The molecule has 2 fully saturated rings. The van der Waals surface area contributed by atoms with Gasteiger partial charge in [-0.05, 0) is 36.4 Å². The lowest BCUT2D eigenvalue weighted by atomic mass is 9.94. The molecule has 4 rings (SSSR count). The molecule has 144 valence electrons. The van der Waals surface area contributed by atoms with Gasteiger partial charge in [-0.2, -0.15) is 0 Å². The smallest absolute Gasteiger partial charge is 0.289 e. The number of piperidine rings is 1. The average Bonchev–Trinajstić information content (AvgIpc) is 3.42. The van der Waals surface area contributed by atoms with E-state index in [-0.39, 0.29) is 17.7 Å². The van der Waals surface area contributed by atoms with Crippen LogP contribution in [0.5, 0.6) is 0 Å². The van der Waals surface area contributed by atoms with Crippen LogP contribution < -0.4 is 0 Å². The van der Waals surface area contributed by atoms with Crippen molar-refractivity contribution < 1.29 is 14.0 Å². The number of likely N-dealkylation sites (tertiary alicyclic amines) is 1. The Morgan fingerprint density at radius 1 is 1.00 bits per heavy atom. The highest BCUT2D eigenvalue weighted by molar-refractivity contribution is 7.09. The van der Waals surface area contributed by atoms with Gasteiger partial charge in [-0.25, -0.2) is 0 Å². The Labute approximate surface area is 163 Å². The Morgan fingerprint density at radius 3 is 2.41 bits per heavy atom. The van der Waals surface area contributed by atoms with E-state index in [1.807, 2.05) is 4.90 Å². The molecule has 0 saturated carbocycles. The SMILES string of the molecule is O=C(c1ccco1)N1CCC(C(=O)N2CCN(Cc3cccs3)CC2)CC1. The van der Waals surface area contributed by atoms with Crippen LogP contribution in [0, 0.1) is 5.92 Å². The Balaban J connectivity index is 1.23. The van der Waals surface area contributed by atoms with Gasteiger partial charge in [0.1, 0.15) is 0 Å². The van der Waals surface area contributed by atoms with Crippen molar-refractivity contribution in [2.45, 2.75) is 19.4 Å². The normalized spacial score (nSPS) is 19.4. The zero-order valence-electron chi connectivity index (χ0n) is 15.4. The quantitative estimate of drug-likeness (QED) is 0.809. The van der Waals surface area contributed by atoms with Gasteiger partial charge in [-0.15, -0.1) is 11.3 Å². The number of thiophene rings is 1. The van der Waals surface area contributed by atoms with Gasteiger partial charge in [-0.3, -0.25) is 14.5 Å². The van der Waals surface area contributed by atoms with Crippen LogP contribution in [0.4, 0.5) is 0 Å². The number of nitrogens with zero attached hydrogens (tertiary/aromatic N) is 3. The van der Waals surface area contributed by atoms with Crippen molar-refractivity contribution in [3.8, 4) is 0 Å². The number of carbonyl (C=O) groups is 2. The highest BCUT2D eigenvalue weighted by atomic mass is 32.1. The Hall–Kier alpha value is -2.12. The molecule has 0 N–H and O–H groups in total. The fourth-order valence-corrected chi connectivity index (χ4v) is 4.64. The zero-order chi connectivity index (χ0) is 18.6. The van der Waals surface area contributed by atoms with E-state index >= 15 is 0 Å². The largest absolute Gasteiger partial charge is 0.459 e. The molecule has 27 heavy (non-hydrogen) atoms. The Morgan fingerprint density at radius 2 is 1.78 bits per heavy atom. The molecule has 4 heterocycles. The number of piperazine rings is 1. The number of hydrogen-bond donors (Lipinski definition) is 0. The molecular weight excluding hydrogens is 362 g/mol. The summed E-state index contributed by atoms with van der Waals surface area (Å²) in [5.41, 5.74) is 0. The number of amides is 2. The zero-order valence-corrected chi connectivity index (χ0v) is 16.2. The molecule has 0 spiro atoms. The lowest BCUT2D eigenvalue weighted by Crippen LogP contribution is -2.51. The molecule has 0 unspecified atom stereocenters. The van der Waals surface area contributed by atoms with Crippen molar-refractivity contribution in [3.05, 3.63) is 46.5 Å². The molecule has 0 bridgehead atoms. The second kappa shape index (κ2) is 8.27. The van der Waals surface area contributed by atoms with Crippen molar-refractivity contribution in [3.63, 3.8) is 0 Å². The first-order chi connectivity index (χ1) is 13.2. The first kappa shape index (κ1) is 18.3. The van der Waals surface area contributed by atoms with Crippen molar-refractivity contribution in [2.75, 3.05) is 39.3 Å². The highest BCUT2D eigenvalue weighted by Gasteiger charge is 2.32. The van der Waals surface area contributed by atoms with Crippen LogP contribution in [-0.4, -0.2) is 65.8 Å². The van der Waals surface area contributed by atoms with Crippen LogP contribution >= 0.6 is 11.3 Å². The summed E-state index contributed by atoms with van der Waals surface area (Å²) in [5, 5.41) is 2.11. The molecule has 0 aliphatic carbocycles. The van der Waals surface area contributed by atoms with Gasteiger partial charge in [0, 0.05) is 56.6 Å². The Bertz CT molecular complexity index is 744. The molecule has 0 aromatic carbocycles. The van der Waals surface area contributed by atoms with Crippen LogP contribution in [0.3, 0.4) is 0 Å². The third kappa shape index (κ3) is 4.25. The van der Waals surface area contributed by atoms with Crippen LogP contribution in [-0.2, 0) is 11.3 Å². The maximum atomic E-state index is 12.9. The predicted octanol–water partition coefficient (Wildman–Crippen LogP) is 2.54. The van der Waals surface area contributed by atoms with Crippen LogP contribution in [0.2, 0.25) is 0 Å². The van der Waals surface area contributed by atoms with E-state index in [1.54, 1.807) is 28.4 Å². The van der Waals surface area contributed by atoms with E-state index in [0.29, 0.717) is 18.8 Å². The van der Waals surface area contributed by atoms with Crippen LogP contribution in [0.1, 0.15) is 28.3 Å². The number of rotatable bonds is 4. The molecule has 6 nitrogen and oxygen atoms in total. The summed E-state index contributed by atoms with van der Waals surface area (Å²) in [6.45, 7) is 5.68. The maximum Gasteiger partial charge on any atom is 0.289 e. The summed E-state index contributed by atoms with van der Waals surface area (Å²) in [6, 6.07) is 7.67. The van der Waals surface area contributed by atoms with E-state index in [1.165, 1.54) is 11.1 Å². The maximum absolute atomic E-state index is 12.9. The van der Waals surface area contributed by atoms with E-state index < -0.39 is 0 Å². The van der Waals surface area contributed by atoms with E-state index in [4.69, 9.17) is 4.42 Å².